The van der Waals surface area contributed by atoms with Crippen LogP contribution in [-0.2, 0) is 0 Å². The van der Waals surface area contributed by atoms with Crippen LogP contribution in [0.25, 0.3) is 0 Å². The summed E-state index contributed by atoms with van der Waals surface area (Å²) < 4.78 is 18.2. The van der Waals surface area contributed by atoms with Gasteiger partial charge in [-0.05, 0) is 99.2 Å². The van der Waals surface area contributed by atoms with Crippen molar-refractivity contribution in [3.8, 4) is 5.75 Å². The smallest absolute Gasteiger partial charge is 0.119 e. The molecule has 3 rings (SSSR count). The maximum atomic E-state index is 12.3. The number of halogens is 1. The average Bonchev–Trinajstić information content (AvgIpc) is 2.79. The fourth-order valence-electron chi connectivity index (χ4n) is 5.58. The largest absolute Gasteiger partial charge is 0.494 e. The molecule has 0 aromatic heterocycles. The van der Waals surface area contributed by atoms with Gasteiger partial charge in [-0.15, -0.1) is 0 Å². The molecule has 30 heavy (non-hydrogen) atoms. The molecule has 0 radical (unpaired) electrons. The predicted octanol–water partition coefficient (Wildman–Crippen LogP) is 8.99. The van der Waals surface area contributed by atoms with E-state index in [0.29, 0.717) is 5.92 Å². The molecule has 0 N–H and O–H groups in total. The van der Waals surface area contributed by atoms with Crippen molar-refractivity contribution in [2.75, 3.05) is 6.61 Å². The number of allylic oxidation sites excluding steroid dienone is 1. The highest BCUT2D eigenvalue weighted by molar-refractivity contribution is 5.29. The van der Waals surface area contributed by atoms with Gasteiger partial charge in [0.1, 0.15) is 5.75 Å². The minimum Gasteiger partial charge on any atom is -0.494 e. The lowest BCUT2D eigenvalue weighted by atomic mass is 9.74. The van der Waals surface area contributed by atoms with Gasteiger partial charge in [-0.25, -0.2) is 4.39 Å². The second-order valence-corrected chi connectivity index (χ2v) is 9.87. The summed E-state index contributed by atoms with van der Waals surface area (Å²) in [5.74, 6) is 4.08. The molecule has 2 fully saturated rings. The first-order valence-corrected chi connectivity index (χ1v) is 12.8. The van der Waals surface area contributed by atoms with Gasteiger partial charge in [0.15, 0.2) is 0 Å². The van der Waals surface area contributed by atoms with E-state index in [9.17, 15) is 4.39 Å². The molecular formula is C28H43FO. The van der Waals surface area contributed by atoms with E-state index >= 15 is 0 Å². The SMILES string of the molecule is CCCCCCOc1ccc([C@H]2CC[C@H](CC[C@H]3CC[C@H](C=CF)CC3)CC2)cc1. The van der Waals surface area contributed by atoms with Gasteiger partial charge in [0.05, 0.1) is 12.9 Å². The Bertz CT molecular complexity index is 592. The Morgan fingerprint density at radius 2 is 1.47 bits per heavy atom. The minimum atomic E-state index is 0.500. The van der Waals surface area contributed by atoms with Crippen LogP contribution in [0.4, 0.5) is 4.39 Å². The lowest BCUT2D eigenvalue weighted by molar-refractivity contribution is 0.245. The van der Waals surface area contributed by atoms with Crippen molar-refractivity contribution in [2.24, 2.45) is 17.8 Å². The molecular weight excluding hydrogens is 371 g/mol. The number of ether oxygens (including phenoxy) is 1. The van der Waals surface area contributed by atoms with Crippen LogP contribution in [0, 0.1) is 17.8 Å². The molecule has 1 aromatic rings. The molecule has 0 unspecified atom stereocenters. The molecule has 0 saturated heterocycles. The fourth-order valence-corrected chi connectivity index (χ4v) is 5.58. The Morgan fingerprint density at radius 1 is 0.833 bits per heavy atom. The van der Waals surface area contributed by atoms with Crippen LogP contribution in [-0.4, -0.2) is 6.61 Å². The number of rotatable bonds is 11. The summed E-state index contributed by atoms with van der Waals surface area (Å²) >= 11 is 0. The summed E-state index contributed by atoms with van der Waals surface area (Å²) in [6.07, 6.45) is 20.8. The van der Waals surface area contributed by atoms with Crippen LogP contribution in [0.15, 0.2) is 36.7 Å². The molecule has 2 aliphatic carbocycles. The number of hydrogen-bond donors (Lipinski definition) is 0. The average molecular weight is 415 g/mol. The van der Waals surface area contributed by atoms with Gasteiger partial charge < -0.3 is 4.74 Å². The zero-order valence-corrected chi connectivity index (χ0v) is 19.2. The van der Waals surface area contributed by atoms with Gasteiger partial charge in [0, 0.05) is 0 Å². The molecule has 2 saturated carbocycles. The summed E-state index contributed by atoms with van der Waals surface area (Å²) in [4.78, 5) is 0. The molecule has 0 aliphatic heterocycles. The Hall–Kier alpha value is -1.31. The van der Waals surface area contributed by atoms with E-state index < -0.39 is 0 Å². The van der Waals surface area contributed by atoms with E-state index in [1.165, 1.54) is 89.0 Å². The second kappa shape index (κ2) is 13.2. The van der Waals surface area contributed by atoms with Crippen molar-refractivity contribution < 1.29 is 9.13 Å². The summed E-state index contributed by atoms with van der Waals surface area (Å²) in [6, 6.07) is 8.96. The molecule has 0 spiro atoms. The van der Waals surface area contributed by atoms with Crippen LogP contribution < -0.4 is 4.74 Å². The zero-order valence-electron chi connectivity index (χ0n) is 19.2. The van der Waals surface area contributed by atoms with Gasteiger partial charge in [-0.2, -0.15) is 0 Å². The highest BCUT2D eigenvalue weighted by Gasteiger charge is 2.25. The monoisotopic (exact) mass is 414 g/mol. The predicted molar refractivity (Wildman–Crippen MR) is 126 cm³/mol. The van der Waals surface area contributed by atoms with E-state index in [1.807, 2.05) is 0 Å². The van der Waals surface area contributed by atoms with Crippen molar-refractivity contribution in [1.29, 1.82) is 0 Å². The molecule has 1 aromatic carbocycles. The van der Waals surface area contributed by atoms with E-state index in [0.717, 1.165) is 42.9 Å². The second-order valence-electron chi connectivity index (χ2n) is 9.87. The number of hydrogen-bond acceptors (Lipinski definition) is 1. The molecule has 2 aliphatic rings. The third-order valence-electron chi connectivity index (χ3n) is 7.68. The van der Waals surface area contributed by atoms with Gasteiger partial charge >= 0.3 is 0 Å². The van der Waals surface area contributed by atoms with Gasteiger partial charge in [0.25, 0.3) is 0 Å². The van der Waals surface area contributed by atoms with Crippen LogP contribution in [0.2, 0.25) is 0 Å². The van der Waals surface area contributed by atoms with E-state index in [2.05, 4.69) is 31.2 Å². The Kier molecular flexibility index (Phi) is 10.3. The molecule has 0 bridgehead atoms. The topological polar surface area (TPSA) is 9.23 Å². The van der Waals surface area contributed by atoms with Crippen LogP contribution in [0.3, 0.4) is 0 Å². The maximum absolute atomic E-state index is 12.3. The third kappa shape index (κ3) is 7.75. The van der Waals surface area contributed by atoms with E-state index in [1.54, 1.807) is 6.08 Å². The Labute approximate surface area is 184 Å². The molecule has 2 heteroatoms. The third-order valence-corrected chi connectivity index (χ3v) is 7.68. The van der Waals surface area contributed by atoms with Crippen molar-refractivity contribution in [2.45, 2.75) is 103 Å². The van der Waals surface area contributed by atoms with Crippen LogP contribution in [0.5, 0.6) is 5.75 Å². The van der Waals surface area contributed by atoms with Crippen molar-refractivity contribution in [3.63, 3.8) is 0 Å². The zero-order chi connectivity index (χ0) is 21.0. The molecule has 168 valence electrons. The molecule has 0 amide bonds. The molecule has 1 nitrogen and oxygen atoms in total. The molecule has 0 atom stereocenters. The van der Waals surface area contributed by atoms with E-state index in [-0.39, 0.29) is 0 Å². The Morgan fingerprint density at radius 3 is 2.07 bits per heavy atom. The van der Waals surface area contributed by atoms with Crippen molar-refractivity contribution in [1.82, 2.24) is 0 Å². The molecule has 0 heterocycles. The van der Waals surface area contributed by atoms with Crippen molar-refractivity contribution >= 4 is 0 Å². The standard InChI is InChI=1S/C28H43FO/c1-2-3-4-5-22-30-28-18-16-27(17-19-28)26-14-12-24(13-15-26)7-6-23-8-10-25(11-9-23)20-21-29/h16-21,23-26H,2-15,22H2,1H3/t23-,24-,25-,26-. The quantitative estimate of drug-likeness (QED) is 0.328. The summed E-state index contributed by atoms with van der Waals surface area (Å²) in [5.41, 5.74) is 1.51. The lowest BCUT2D eigenvalue weighted by Crippen LogP contribution is -2.17. The minimum absolute atomic E-state index is 0.500. The van der Waals surface area contributed by atoms with Crippen LogP contribution in [0.1, 0.15) is 108 Å². The first-order valence-electron chi connectivity index (χ1n) is 12.8. The van der Waals surface area contributed by atoms with Gasteiger partial charge in [-0.3, -0.25) is 0 Å². The highest BCUT2D eigenvalue weighted by atomic mass is 19.1. The lowest BCUT2D eigenvalue weighted by Gasteiger charge is -2.31. The fraction of sp³-hybridized carbons (Fsp3) is 0.714. The Balaban J connectivity index is 1.31. The van der Waals surface area contributed by atoms with Crippen LogP contribution >= 0.6 is 0 Å². The number of benzene rings is 1. The number of unbranched alkanes of at least 4 members (excludes halogenated alkanes) is 3. The first-order chi connectivity index (χ1) is 14.8. The van der Waals surface area contributed by atoms with Gasteiger partial charge in [-0.1, -0.05) is 57.2 Å². The summed E-state index contributed by atoms with van der Waals surface area (Å²) in [6.45, 7) is 3.09. The summed E-state index contributed by atoms with van der Waals surface area (Å²) in [7, 11) is 0. The summed E-state index contributed by atoms with van der Waals surface area (Å²) in [5, 5.41) is 0. The maximum Gasteiger partial charge on any atom is 0.119 e. The van der Waals surface area contributed by atoms with E-state index in [4.69, 9.17) is 4.74 Å². The van der Waals surface area contributed by atoms with Gasteiger partial charge in [0.2, 0.25) is 0 Å². The normalized spacial score (nSPS) is 27.4. The highest BCUT2D eigenvalue weighted by Crippen LogP contribution is 2.40. The first kappa shape index (κ1) is 23.4. The van der Waals surface area contributed by atoms with Crippen molar-refractivity contribution in [3.05, 3.63) is 42.2 Å².